The fraction of sp³-hybridized carbons (Fsp3) is 0.143. The summed E-state index contributed by atoms with van der Waals surface area (Å²) in [4.78, 5) is 11.9. The van der Waals surface area contributed by atoms with Crippen LogP contribution in [-0.2, 0) is 6.54 Å². The predicted octanol–water partition coefficient (Wildman–Crippen LogP) is 2.66. The molecule has 0 unspecified atom stereocenters. The topological polar surface area (TPSA) is 68.3 Å². The van der Waals surface area contributed by atoms with Crippen molar-refractivity contribution in [2.45, 2.75) is 13.5 Å². The first-order valence-corrected chi connectivity index (χ1v) is 5.91. The van der Waals surface area contributed by atoms with Crippen LogP contribution in [0.25, 0.3) is 11.0 Å². The third kappa shape index (κ3) is 2.35. The zero-order valence-electron chi connectivity index (χ0n) is 10.3. The first kappa shape index (κ1) is 11.5. The van der Waals surface area contributed by atoms with Crippen LogP contribution in [-0.4, -0.2) is 11.1 Å². The van der Waals surface area contributed by atoms with Crippen molar-refractivity contribution in [3.05, 3.63) is 53.6 Å². The first-order valence-electron chi connectivity index (χ1n) is 5.91. The van der Waals surface area contributed by atoms with E-state index in [4.69, 9.17) is 8.94 Å². The van der Waals surface area contributed by atoms with Gasteiger partial charge in [-0.05, 0) is 19.1 Å². The van der Waals surface area contributed by atoms with Crippen molar-refractivity contribution in [2.24, 2.45) is 0 Å². The van der Waals surface area contributed by atoms with Crippen molar-refractivity contribution < 1.29 is 13.7 Å². The number of hydrogen-bond donors (Lipinski definition) is 1. The summed E-state index contributed by atoms with van der Waals surface area (Å²) in [5.41, 5.74) is 1.38. The van der Waals surface area contributed by atoms with Crippen molar-refractivity contribution in [1.82, 2.24) is 10.5 Å². The van der Waals surface area contributed by atoms with Gasteiger partial charge in [-0.3, -0.25) is 4.79 Å². The monoisotopic (exact) mass is 256 g/mol. The van der Waals surface area contributed by atoms with E-state index in [1.807, 2.05) is 24.3 Å². The van der Waals surface area contributed by atoms with Crippen molar-refractivity contribution in [2.75, 3.05) is 0 Å². The zero-order chi connectivity index (χ0) is 13.2. The highest BCUT2D eigenvalue weighted by Gasteiger charge is 2.12. The van der Waals surface area contributed by atoms with E-state index in [2.05, 4.69) is 10.5 Å². The molecule has 19 heavy (non-hydrogen) atoms. The molecule has 0 saturated carbocycles. The van der Waals surface area contributed by atoms with Crippen LogP contribution in [0.1, 0.15) is 22.0 Å². The highest BCUT2D eigenvalue weighted by molar-refractivity contribution is 5.95. The first-order chi connectivity index (χ1) is 9.22. The Hall–Kier alpha value is -2.56. The highest BCUT2D eigenvalue weighted by atomic mass is 16.5. The molecule has 1 N–H and O–H groups in total. The van der Waals surface area contributed by atoms with Gasteiger partial charge in [-0.15, -0.1) is 0 Å². The maximum absolute atomic E-state index is 11.9. The minimum absolute atomic E-state index is 0.267. The minimum Gasteiger partial charge on any atom is -0.451 e. The Balaban J connectivity index is 1.73. The van der Waals surface area contributed by atoms with E-state index in [0.717, 1.165) is 5.39 Å². The van der Waals surface area contributed by atoms with Crippen molar-refractivity contribution in [1.29, 1.82) is 0 Å². The number of aryl methyl sites for hydroxylation is 1. The van der Waals surface area contributed by atoms with Gasteiger partial charge in [0.05, 0.1) is 6.54 Å². The smallest absolute Gasteiger partial charge is 0.287 e. The van der Waals surface area contributed by atoms with Crippen LogP contribution in [0.15, 0.2) is 45.3 Å². The second-order valence-corrected chi connectivity index (χ2v) is 4.26. The maximum atomic E-state index is 11.9. The lowest BCUT2D eigenvalue weighted by molar-refractivity contribution is 0.0924. The molecule has 0 aliphatic carbocycles. The van der Waals surface area contributed by atoms with Gasteiger partial charge in [0.1, 0.15) is 17.0 Å². The molecule has 3 aromatic rings. The molecular formula is C14H12N2O3. The zero-order valence-corrected chi connectivity index (χ0v) is 10.3. The van der Waals surface area contributed by atoms with Gasteiger partial charge < -0.3 is 14.3 Å². The molecule has 2 aromatic heterocycles. The normalized spacial score (nSPS) is 10.8. The molecule has 5 nitrogen and oxygen atoms in total. The van der Waals surface area contributed by atoms with E-state index in [-0.39, 0.29) is 5.91 Å². The molecule has 0 saturated heterocycles. The number of aromatic nitrogens is 1. The van der Waals surface area contributed by atoms with Gasteiger partial charge in [-0.25, -0.2) is 0 Å². The number of nitrogens with zero attached hydrogens (tertiary/aromatic N) is 1. The number of nitrogens with one attached hydrogen (secondary N) is 1. The van der Waals surface area contributed by atoms with E-state index >= 15 is 0 Å². The van der Waals surface area contributed by atoms with Crippen LogP contribution < -0.4 is 5.32 Å². The summed E-state index contributed by atoms with van der Waals surface area (Å²) in [6.45, 7) is 2.12. The van der Waals surface area contributed by atoms with Gasteiger partial charge in [0.2, 0.25) is 0 Å². The van der Waals surface area contributed by atoms with E-state index in [9.17, 15) is 4.79 Å². The predicted molar refractivity (Wildman–Crippen MR) is 68.6 cm³/mol. The molecule has 0 bridgehead atoms. The number of amides is 1. The highest BCUT2D eigenvalue weighted by Crippen LogP contribution is 2.18. The fourth-order valence-electron chi connectivity index (χ4n) is 1.85. The minimum atomic E-state index is -0.267. The summed E-state index contributed by atoms with van der Waals surface area (Å²) in [5, 5.41) is 7.45. The third-order valence-electron chi connectivity index (χ3n) is 2.76. The van der Waals surface area contributed by atoms with Gasteiger partial charge in [0.15, 0.2) is 5.76 Å². The number of fused-ring (bicyclic) bond motifs is 1. The van der Waals surface area contributed by atoms with Crippen molar-refractivity contribution >= 4 is 16.9 Å². The largest absolute Gasteiger partial charge is 0.451 e. The Kier molecular flexibility index (Phi) is 2.79. The Morgan fingerprint density at radius 2 is 2.16 bits per heavy atom. The van der Waals surface area contributed by atoms with Crippen molar-refractivity contribution in [3.63, 3.8) is 0 Å². The number of carbonyl (C=O) groups is 1. The summed E-state index contributed by atoms with van der Waals surface area (Å²) in [6.07, 6.45) is 0. The SMILES string of the molecule is Cc1cc(CNC(=O)c2cc3ccccc3o2)no1. The van der Waals surface area contributed by atoms with E-state index < -0.39 is 0 Å². The molecule has 0 radical (unpaired) electrons. The fourth-order valence-corrected chi connectivity index (χ4v) is 1.85. The van der Waals surface area contributed by atoms with Crippen molar-refractivity contribution in [3.8, 4) is 0 Å². The Morgan fingerprint density at radius 3 is 2.89 bits per heavy atom. The Bertz CT molecular complexity index is 694. The molecule has 0 aliphatic rings. The Labute approximate surface area is 109 Å². The van der Waals surface area contributed by atoms with Crippen LogP contribution in [0.3, 0.4) is 0 Å². The van der Waals surface area contributed by atoms with E-state index in [0.29, 0.717) is 29.3 Å². The number of hydrogen-bond acceptors (Lipinski definition) is 4. The molecule has 0 atom stereocenters. The average molecular weight is 256 g/mol. The molecule has 2 heterocycles. The molecule has 0 spiro atoms. The standard InChI is InChI=1S/C14H12N2O3/c1-9-6-11(16-19-9)8-15-14(17)13-7-10-4-2-3-5-12(10)18-13/h2-7H,8H2,1H3,(H,15,17). The molecule has 1 aromatic carbocycles. The van der Waals surface area contributed by atoms with Gasteiger partial charge in [0, 0.05) is 11.5 Å². The number of carbonyl (C=O) groups excluding carboxylic acids is 1. The summed E-state index contributed by atoms with van der Waals surface area (Å²) < 4.78 is 10.4. The average Bonchev–Trinajstić information content (AvgIpc) is 3.01. The summed E-state index contributed by atoms with van der Waals surface area (Å²) >= 11 is 0. The van der Waals surface area contributed by atoms with Crippen LogP contribution in [0.4, 0.5) is 0 Å². The van der Waals surface area contributed by atoms with Crippen LogP contribution in [0, 0.1) is 6.92 Å². The summed E-state index contributed by atoms with van der Waals surface area (Å²) in [5.74, 6) is 0.742. The van der Waals surface area contributed by atoms with E-state index in [1.54, 1.807) is 19.1 Å². The molecule has 0 fully saturated rings. The van der Waals surface area contributed by atoms with Gasteiger partial charge in [-0.1, -0.05) is 23.4 Å². The number of benzene rings is 1. The lowest BCUT2D eigenvalue weighted by Crippen LogP contribution is -2.22. The molecular weight excluding hydrogens is 244 g/mol. The number of rotatable bonds is 3. The van der Waals surface area contributed by atoms with Crippen LogP contribution in [0.5, 0.6) is 0 Å². The van der Waals surface area contributed by atoms with E-state index in [1.165, 1.54) is 0 Å². The van der Waals surface area contributed by atoms with Gasteiger partial charge in [-0.2, -0.15) is 0 Å². The molecule has 0 aliphatic heterocycles. The Morgan fingerprint density at radius 1 is 1.32 bits per heavy atom. The second-order valence-electron chi connectivity index (χ2n) is 4.26. The maximum Gasteiger partial charge on any atom is 0.287 e. The summed E-state index contributed by atoms with van der Waals surface area (Å²) in [7, 11) is 0. The second kappa shape index (κ2) is 4.61. The third-order valence-corrected chi connectivity index (χ3v) is 2.76. The lowest BCUT2D eigenvalue weighted by atomic mass is 10.2. The number of furan rings is 1. The summed E-state index contributed by atoms with van der Waals surface area (Å²) in [6, 6.07) is 11.0. The van der Waals surface area contributed by atoms with Gasteiger partial charge >= 0.3 is 0 Å². The molecule has 1 amide bonds. The molecule has 3 rings (SSSR count). The quantitative estimate of drug-likeness (QED) is 0.782. The molecule has 96 valence electrons. The van der Waals surface area contributed by atoms with Crippen LogP contribution >= 0.6 is 0 Å². The molecule has 5 heteroatoms. The van der Waals surface area contributed by atoms with Gasteiger partial charge in [0.25, 0.3) is 5.91 Å². The number of para-hydroxylation sites is 1. The van der Waals surface area contributed by atoms with Crippen LogP contribution in [0.2, 0.25) is 0 Å². The lowest BCUT2D eigenvalue weighted by Gasteiger charge is -1.98.